The van der Waals surface area contributed by atoms with Gasteiger partial charge in [0.1, 0.15) is 54.2 Å². The smallest absolute Gasteiger partial charge is 0.433 e. The number of benzene rings is 1. The maximum absolute atomic E-state index is 12.9. The number of aromatic nitrogens is 4. The van der Waals surface area contributed by atoms with Crippen LogP contribution in [-0.2, 0) is 10.9 Å². The molecule has 0 unspecified atom stereocenters. The van der Waals surface area contributed by atoms with Gasteiger partial charge in [-0.05, 0) is 24.3 Å². The Labute approximate surface area is 184 Å². The highest BCUT2D eigenvalue weighted by atomic mass is 19.4. The van der Waals surface area contributed by atoms with E-state index in [-0.39, 0.29) is 23.7 Å². The van der Waals surface area contributed by atoms with Gasteiger partial charge < -0.3 is 30.0 Å². The second-order valence-electron chi connectivity index (χ2n) is 7.63. The zero-order chi connectivity index (χ0) is 23.3. The van der Waals surface area contributed by atoms with Gasteiger partial charge in [0.2, 0.25) is 0 Å². The number of rotatable bonds is 4. The lowest BCUT2D eigenvalue weighted by Gasteiger charge is -2.17. The highest BCUT2D eigenvalue weighted by Gasteiger charge is 2.44. The number of hydrogen-bond donors (Lipinski definition) is 3. The highest BCUT2D eigenvalue weighted by Crippen LogP contribution is 2.34. The Morgan fingerprint density at radius 2 is 1.88 bits per heavy atom. The Bertz CT molecular complexity index is 1330. The Kier molecular flexibility index (Phi) is 5.07. The summed E-state index contributed by atoms with van der Waals surface area (Å²) in [7, 11) is 0. The van der Waals surface area contributed by atoms with Crippen molar-refractivity contribution in [2.24, 2.45) is 0 Å². The summed E-state index contributed by atoms with van der Waals surface area (Å²) in [5, 5.41) is 22.1. The van der Waals surface area contributed by atoms with E-state index in [1.807, 2.05) is 0 Å². The summed E-state index contributed by atoms with van der Waals surface area (Å²) in [5.74, 6) is 0.514. The predicted molar refractivity (Wildman–Crippen MR) is 110 cm³/mol. The van der Waals surface area contributed by atoms with Gasteiger partial charge in [-0.25, -0.2) is 15.0 Å². The second-order valence-corrected chi connectivity index (χ2v) is 7.63. The summed E-state index contributed by atoms with van der Waals surface area (Å²) in [4.78, 5) is 11.7. The molecule has 0 amide bonds. The molecule has 4 aromatic rings. The number of nitrogens with two attached hydrogens (primary N) is 1. The van der Waals surface area contributed by atoms with E-state index in [1.165, 1.54) is 18.5 Å². The Morgan fingerprint density at radius 1 is 1.09 bits per heavy atom. The van der Waals surface area contributed by atoms with E-state index in [9.17, 15) is 23.4 Å². The molecule has 0 aliphatic carbocycles. The molecular formula is C21H18F3N5O4. The van der Waals surface area contributed by atoms with Crippen molar-refractivity contribution in [3.05, 3.63) is 54.6 Å². The molecule has 1 saturated heterocycles. The number of aliphatic hydroxyl groups is 2. The van der Waals surface area contributed by atoms with Gasteiger partial charge in [-0.2, -0.15) is 13.2 Å². The fourth-order valence-corrected chi connectivity index (χ4v) is 3.82. The first kappa shape index (κ1) is 21.4. The molecule has 4 heterocycles. The maximum Gasteiger partial charge on any atom is 0.433 e. The topological polar surface area (TPSA) is 129 Å². The third kappa shape index (κ3) is 3.81. The summed E-state index contributed by atoms with van der Waals surface area (Å²) in [6.07, 6.45) is -6.08. The van der Waals surface area contributed by atoms with Crippen molar-refractivity contribution in [2.45, 2.75) is 30.7 Å². The number of halogens is 3. The van der Waals surface area contributed by atoms with Gasteiger partial charge in [-0.3, -0.25) is 0 Å². The van der Waals surface area contributed by atoms with Crippen molar-refractivity contribution >= 4 is 27.8 Å². The van der Waals surface area contributed by atoms with Crippen LogP contribution in [0.4, 0.5) is 19.0 Å². The lowest BCUT2D eigenvalue weighted by atomic mass is 10.1. The van der Waals surface area contributed by atoms with Crippen LogP contribution in [0.2, 0.25) is 0 Å². The summed E-state index contributed by atoms with van der Waals surface area (Å²) >= 11 is 0. The molecule has 0 bridgehead atoms. The molecule has 1 fully saturated rings. The fourth-order valence-electron chi connectivity index (χ4n) is 3.82. The Morgan fingerprint density at radius 3 is 2.67 bits per heavy atom. The van der Waals surface area contributed by atoms with E-state index < -0.39 is 36.4 Å². The van der Waals surface area contributed by atoms with Crippen LogP contribution in [0.3, 0.4) is 0 Å². The van der Waals surface area contributed by atoms with Gasteiger partial charge in [0.05, 0.1) is 10.9 Å². The van der Waals surface area contributed by atoms with Crippen molar-refractivity contribution in [1.29, 1.82) is 0 Å². The molecule has 4 N–H and O–H groups in total. The van der Waals surface area contributed by atoms with E-state index in [4.69, 9.17) is 15.2 Å². The standard InChI is InChI=1S/C21H18F3N5O4/c22-21(23,24)15-4-2-10-1-3-11(7-13(10)28-15)32-8-14-16(30)17(31)20(33-14)29-6-5-12-18(25)26-9-27-19(12)29/h1-7,9,14,16-17,20,30-31H,8H2,(H2,25,26,27)/t14-,16-,17-,20-/m1/s1. The minimum absolute atomic E-state index is 0.115. The van der Waals surface area contributed by atoms with Crippen LogP contribution in [0.15, 0.2) is 48.9 Å². The summed E-state index contributed by atoms with van der Waals surface area (Å²) in [6, 6.07) is 8.45. The van der Waals surface area contributed by atoms with Crippen molar-refractivity contribution in [2.75, 3.05) is 12.3 Å². The molecule has 0 saturated carbocycles. The molecular weight excluding hydrogens is 443 g/mol. The number of nitrogens with zero attached hydrogens (tertiary/aromatic N) is 4. The number of aliphatic hydroxyl groups excluding tert-OH is 2. The fraction of sp³-hybridized carbons (Fsp3) is 0.286. The van der Waals surface area contributed by atoms with Crippen LogP contribution >= 0.6 is 0 Å². The van der Waals surface area contributed by atoms with Crippen LogP contribution in [0, 0.1) is 0 Å². The average Bonchev–Trinajstić information content (AvgIpc) is 3.33. The zero-order valence-electron chi connectivity index (χ0n) is 16.8. The summed E-state index contributed by atoms with van der Waals surface area (Å²) in [5.41, 5.74) is 5.38. The largest absolute Gasteiger partial charge is 0.491 e. The molecule has 1 aliphatic rings. The normalized spacial score (nSPS) is 23.4. The van der Waals surface area contributed by atoms with Gasteiger partial charge in [0.25, 0.3) is 0 Å². The molecule has 1 aromatic carbocycles. The van der Waals surface area contributed by atoms with Crippen molar-refractivity contribution in [1.82, 2.24) is 19.5 Å². The third-order valence-corrected chi connectivity index (χ3v) is 5.52. The quantitative estimate of drug-likeness (QED) is 0.422. The van der Waals surface area contributed by atoms with Gasteiger partial charge in [0, 0.05) is 17.6 Å². The molecule has 3 aromatic heterocycles. The minimum atomic E-state index is -4.56. The molecule has 0 spiro atoms. The van der Waals surface area contributed by atoms with Crippen LogP contribution < -0.4 is 10.5 Å². The zero-order valence-corrected chi connectivity index (χ0v) is 16.8. The van der Waals surface area contributed by atoms with Crippen LogP contribution in [0.5, 0.6) is 5.75 Å². The van der Waals surface area contributed by atoms with E-state index in [0.717, 1.165) is 6.07 Å². The Hall–Kier alpha value is -3.48. The molecule has 5 rings (SSSR count). The Balaban J connectivity index is 1.33. The predicted octanol–water partition coefficient (Wildman–Crippen LogP) is 2.28. The molecule has 12 heteroatoms. The van der Waals surface area contributed by atoms with E-state index >= 15 is 0 Å². The first-order valence-electron chi connectivity index (χ1n) is 9.92. The maximum atomic E-state index is 12.9. The molecule has 4 atom stereocenters. The average molecular weight is 461 g/mol. The minimum Gasteiger partial charge on any atom is -0.491 e. The molecule has 0 radical (unpaired) electrons. The first-order valence-corrected chi connectivity index (χ1v) is 9.92. The van der Waals surface area contributed by atoms with E-state index in [2.05, 4.69) is 15.0 Å². The number of pyridine rings is 1. The molecule has 9 nitrogen and oxygen atoms in total. The van der Waals surface area contributed by atoms with Crippen molar-refractivity contribution < 1.29 is 32.9 Å². The van der Waals surface area contributed by atoms with Crippen molar-refractivity contribution in [3.63, 3.8) is 0 Å². The van der Waals surface area contributed by atoms with Crippen molar-refractivity contribution in [3.8, 4) is 5.75 Å². The molecule has 1 aliphatic heterocycles. The lowest BCUT2D eigenvalue weighted by Crippen LogP contribution is -2.34. The highest BCUT2D eigenvalue weighted by molar-refractivity contribution is 5.86. The first-order chi connectivity index (χ1) is 15.7. The number of ether oxygens (including phenoxy) is 2. The van der Waals surface area contributed by atoms with Crippen LogP contribution in [-0.4, -0.2) is 54.7 Å². The molecule has 172 valence electrons. The number of anilines is 1. The second kappa shape index (κ2) is 7.83. The number of alkyl halides is 3. The summed E-state index contributed by atoms with van der Waals surface area (Å²) in [6.45, 7) is -0.157. The van der Waals surface area contributed by atoms with Gasteiger partial charge in [0.15, 0.2) is 6.23 Å². The summed E-state index contributed by atoms with van der Waals surface area (Å²) < 4.78 is 51.8. The lowest BCUT2D eigenvalue weighted by molar-refractivity contribution is -0.140. The van der Waals surface area contributed by atoms with Crippen LogP contribution in [0.25, 0.3) is 21.9 Å². The van der Waals surface area contributed by atoms with Gasteiger partial charge in [-0.15, -0.1) is 0 Å². The number of fused-ring (bicyclic) bond motifs is 2. The number of hydrogen-bond acceptors (Lipinski definition) is 8. The van der Waals surface area contributed by atoms with Crippen LogP contribution in [0.1, 0.15) is 11.9 Å². The van der Waals surface area contributed by atoms with Gasteiger partial charge in [-0.1, -0.05) is 6.07 Å². The number of nitrogen functional groups attached to an aromatic ring is 1. The third-order valence-electron chi connectivity index (χ3n) is 5.52. The van der Waals surface area contributed by atoms with E-state index in [0.29, 0.717) is 16.4 Å². The van der Waals surface area contributed by atoms with E-state index in [1.54, 1.807) is 29.0 Å². The SMILES string of the molecule is Nc1ncnc2c1ccn2[C@@H]1O[C@H](COc2ccc3ccc(C(F)(F)F)nc3c2)[C@@H](O)[C@H]1O. The molecule has 33 heavy (non-hydrogen) atoms. The van der Waals surface area contributed by atoms with Gasteiger partial charge >= 0.3 is 6.18 Å². The monoisotopic (exact) mass is 461 g/mol.